The zero-order chi connectivity index (χ0) is 29.9. The fraction of sp³-hybridized carbons (Fsp3) is 0.531. The molecule has 2 aliphatic rings. The number of aliphatic hydroxyl groups excluding tert-OH is 1. The van der Waals surface area contributed by atoms with E-state index in [4.69, 9.17) is 4.74 Å². The van der Waals surface area contributed by atoms with Gasteiger partial charge in [-0.25, -0.2) is 4.39 Å². The van der Waals surface area contributed by atoms with Crippen LogP contribution in [-0.4, -0.2) is 79.2 Å². The summed E-state index contributed by atoms with van der Waals surface area (Å²) in [5.74, 6) is -0.834. The maximum absolute atomic E-state index is 13.8. The molecule has 1 fully saturated rings. The van der Waals surface area contributed by atoms with Gasteiger partial charge in [0, 0.05) is 26.6 Å². The molecule has 1 heterocycles. The molecule has 1 aliphatic carbocycles. The van der Waals surface area contributed by atoms with Crippen LogP contribution in [-0.2, 0) is 27.2 Å². The Morgan fingerprint density at radius 1 is 0.952 bits per heavy atom. The zero-order valence-corrected chi connectivity index (χ0v) is 24.3. The van der Waals surface area contributed by atoms with Gasteiger partial charge in [-0.3, -0.25) is 14.4 Å². The Bertz CT molecular complexity index is 1190. The SMILES string of the molecule is CN1C(=O)[C@H](C2CCCCC2)NCCOc2ccccc2CCCNC(=O)[C@@H](Cc2ccc(F)cc2)NC(=O)[C@@H]1CO. The van der Waals surface area contributed by atoms with E-state index >= 15 is 0 Å². The predicted octanol–water partition coefficient (Wildman–Crippen LogP) is 2.35. The number of rotatable bonds is 4. The maximum atomic E-state index is 13.8. The second kappa shape index (κ2) is 15.7. The summed E-state index contributed by atoms with van der Waals surface area (Å²) in [6.45, 7) is 0.579. The summed E-state index contributed by atoms with van der Waals surface area (Å²) in [4.78, 5) is 41.9. The third-order valence-corrected chi connectivity index (χ3v) is 8.28. The van der Waals surface area contributed by atoms with Crippen molar-refractivity contribution in [2.75, 3.05) is 33.4 Å². The van der Waals surface area contributed by atoms with Crippen molar-refractivity contribution >= 4 is 17.7 Å². The molecule has 0 aromatic heterocycles. The second-order valence-electron chi connectivity index (χ2n) is 11.2. The Labute approximate surface area is 247 Å². The van der Waals surface area contributed by atoms with Crippen LogP contribution < -0.4 is 20.7 Å². The molecular formula is C32H43FN4O5. The van der Waals surface area contributed by atoms with Gasteiger partial charge in [0.05, 0.1) is 12.6 Å². The molecule has 0 radical (unpaired) electrons. The lowest BCUT2D eigenvalue weighted by molar-refractivity contribution is -0.144. The third kappa shape index (κ3) is 8.51. The van der Waals surface area contributed by atoms with Crippen LogP contribution in [0.3, 0.4) is 0 Å². The molecule has 1 aliphatic heterocycles. The van der Waals surface area contributed by atoms with Gasteiger partial charge in [0.1, 0.15) is 30.3 Å². The van der Waals surface area contributed by atoms with E-state index in [9.17, 15) is 23.9 Å². The summed E-state index contributed by atoms with van der Waals surface area (Å²) in [7, 11) is 1.51. The van der Waals surface area contributed by atoms with Gasteiger partial charge in [0.25, 0.3) is 0 Å². The molecular weight excluding hydrogens is 539 g/mol. The minimum absolute atomic E-state index is 0.103. The monoisotopic (exact) mass is 582 g/mol. The summed E-state index contributed by atoms with van der Waals surface area (Å²) in [5.41, 5.74) is 1.69. The summed E-state index contributed by atoms with van der Waals surface area (Å²) in [6.07, 6.45) is 6.46. The van der Waals surface area contributed by atoms with Crippen LogP contribution in [0.4, 0.5) is 4.39 Å². The number of halogens is 1. The molecule has 0 spiro atoms. The Balaban J connectivity index is 1.59. The molecule has 10 heteroatoms. The Kier molecular flexibility index (Phi) is 11.7. The number of fused-ring (bicyclic) bond motifs is 1. The highest BCUT2D eigenvalue weighted by Crippen LogP contribution is 2.28. The number of hydrogen-bond acceptors (Lipinski definition) is 6. The number of ether oxygens (including phenoxy) is 1. The van der Waals surface area contributed by atoms with Crippen LogP contribution in [0.2, 0.25) is 0 Å². The minimum atomic E-state index is -1.18. The number of carbonyl (C=O) groups is 3. The number of aryl methyl sites for hydroxylation is 1. The number of nitrogens with one attached hydrogen (secondary N) is 3. The lowest BCUT2D eigenvalue weighted by Gasteiger charge is -2.35. The number of hydrogen-bond donors (Lipinski definition) is 4. The van der Waals surface area contributed by atoms with Crippen LogP contribution in [0, 0.1) is 11.7 Å². The van der Waals surface area contributed by atoms with E-state index in [-0.39, 0.29) is 18.2 Å². The van der Waals surface area contributed by atoms with E-state index in [0.29, 0.717) is 38.1 Å². The van der Waals surface area contributed by atoms with E-state index in [0.717, 1.165) is 43.4 Å². The van der Waals surface area contributed by atoms with Crippen molar-refractivity contribution in [1.82, 2.24) is 20.9 Å². The van der Waals surface area contributed by atoms with Crippen molar-refractivity contribution in [1.29, 1.82) is 0 Å². The lowest BCUT2D eigenvalue weighted by atomic mass is 9.83. The number of nitrogens with zero attached hydrogens (tertiary/aromatic N) is 1. The number of likely N-dealkylation sites (N-methyl/N-ethyl adjacent to an activating group) is 1. The molecule has 1 saturated carbocycles. The second-order valence-corrected chi connectivity index (χ2v) is 11.2. The van der Waals surface area contributed by atoms with Crippen molar-refractivity contribution in [2.24, 2.45) is 5.92 Å². The maximum Gasteiger partial charge on any atom is 0.245 e. The molecule has 2 aromatic carbocycles. The van der Waals surface area contributed by atoms with Gasteiger partial charge in [-0.15, -0.1) is 0 Å². The lowest BCUT2D eigenvalue weighted by Crippen LogP contribution is -2.59. The average Bonchev–Trinajstić information content (AvgIpc) is 3.00. The Morgan fingerprint density at radius 2 is 1.69 bits per heavy atom. The number of aliphatic hydroxyl groups is 1. The highest BCUT2D eigenvalue weighted by molar-refractivity contribution is 5.93. The number of benzene rings is 2. The van der Waals surface area contributed by atoms with E-state index in [1.807, 2.05) is 24.3 Å². The van der Waals surface area contributed by atoms with Crippen LogP contribution in [0.25, 0.3) is 0 Å². The van der Waals surface area contributed by atoms with E-state index in [1.54, 1.807) is 12.1 Å². The van der Waals surface area contributed by atoms with E-state index < -0.39 is 42.4 Å². The smallest absolute Gasteiger partial charge is 0.245 e. The predicted molar refractivity (Wildman–Crippen MR) is 157 cm³/mol. The van der Waals surface area contributed by atoms with Gasteiger partial charge in [0.2, 0.25) is 17.7 Å². The van der Waals surface area contributed by atoms with Crippen molar-refractivity contribution in [3.05, 3.63) is 65.5 Å². The fourth-order valence-corrected chi connectivity index (χ4v) is 5.85. The normalized spacial score (nSPS) is 24.0. The topological polar surface area (TPSA) is 120 Å². The quantitative estimate of drug-likeness (QED) is 0.440. The van der Waals surface area contributed by atoms with Crippen molar-refractivity contribution in [3.8, 4) is 5.75 Å². The van der Waals surface area contributed by atoms with Crippen LogP contribution in [0.15, 0.2) is 48.5 Å². The molecule has 9 nitrogen and oxygen atoms in total. The summed E-state index contributed by atoms with van der Waals surface area (Å²) in [6, 6.07) is 10.8. The van der Waals surface area contributed by atoms with Crippen molar-refractivity contribution < 1.29 is 28.6 Å². The molecule has 3 atom stereocenters. The molecule has 0 unspecified atom stereocenters. The van der Waals surface area contributed by atoms with E-state index in [1.165, 1.54) is 24.1 Å². The third-order valence-electron chi connectivity index (χ3n) is 8.28. The summed E-state index contributed by atoms with van der Waals surface area (Å²) >= 11 is 0. The van der Waals surface area contributed by atoms with E-state index in [2.05, 4.69) is 16.0 Å². The van der Waals surface area contributed by atoms with Crippen molar-refractivity contribution in [2.45, 2.75) is 69.5 Å². The van der Waals surface area contributed by atoms with Gasteiger partial charge < -0.3 is 30.7 Å². The average molecular weight is 583 g/mol. The number of amides is 3. The molecule has 4 N–H and O–H groups in total. The first-order valence-electron chi connectivity index (χ1n) is 15.0. The molecule has 3 amide bonds. The number of para-hydroxylation sites is 1. The molecule has 0 bridgehead atoms. The molecule has 0 saturated heterocycles. The Morgan fingerprint density at radius 3 is 2.43 bits per heavy atom. The highest BCUT2D eigenvalue weighted by atomic mass is 19.1. The van der Waals surface area contributed by atoms with Gasteiger partial charge in [-0.2, -0.15) is 0 Å². The largest absolute Gasteiger partial charge is 0.492 e. The first kappa shape index (κ1) is 31.4. The first-order valence-corrected chi connectivity index (χ1v) is 15.0. The molecule has 4 rings (SSSR count). The molecule has 42 heavy (non-hydrogen) atoms. The highest BCUT2D eigenvalue weighted by Gasteiger charge is 2.36. The van der Waals surface area contributed by atoms with Gasteiger partial charge >= 0.3 is 0 Å². The molecule has 228 valence electrons. The van der Waals surface area contributed by atoms with Gasteiger partial charge in [-0.05, 0) is 60.9 Å². The standard InChI is InChI=1S/C32H43FN4O5/c1-37-27(21-38)31(40)36-26(20-22-13-15-25(33)16-14-22)30(39)35-17-7-11-23-8-5-6-12-28(23)42-19-18-34-29(32(37)41)24-9-3-2-4-10-24/h5-6,8,12-16,24,26-27,29,34,38H,2-4,7,9-11,17-21H2,1H3,(H,35,39)(H,36,40)/t26-,27+,29+/m1/s1. The van der Waals surface area contributed by atoms with Crippen LogP contribution in [0.5, 0.6) is 5.75 Å². The fourth-order valence-electron chi connectivity index (χ4n) is 5.85. The van der Waals surface area contributed by atoms with Gasteiger partial charge in [-0.1, -0.05) is 49.6 Å². The zero-order valence-electron chi connectivity index (χ0n) is 24.3. The summed E-state index contributed by atoms with van der Waals surface area (Å²) in [5, 5.41) is 19.3. The van der Waals surface area contributed by atoms with Gasteiger partial charge in [0.15, 0.2) is 0 Å². The van der Waals surface area contributed by atoms with Crippen molar-refractivity contribution in [3.63, 3.8) is 0 Å². The number of carbonyl (C=O) groups excluding carboxylic acids is 3. The first-order chi connectivity index (χ1) is 20.4. The summed E-state index contributed by atoms with van der Waals surface area (Å²) < 4.78 is 19.6. The van der Waals surface area contributed by atoms with Crippen LogP contribution in [0.1, 0.15) is 49.7 Å². The Hall–Kier alpha value is -3.50. The van der Waals surface area contributed by atoms with Crippen LogP contribution >= 0.6 is 0 Å². The molecule has 2 aromatic rings. The minimum Gasteiger partial charge on any atom is -0.492 e.